The molecule has 0 spiro atoms. The van der Waals surface area contributed by atoms with Crippen LogP contribution in [-0.4, -0.2) is 34.2 Å². The first-order valence-corrected chi connectivity index (χ1v) is 11.3. The van der Waals surface area contributed by atoms with Crippen molar-refractivity contribution >= 4 is 11.8 Å². The number of amides is 2. The quantitative estimate of drug-likeness (QED) is 0.504. The lowest BCUT2D eigenvalue weighted by molar-refractivity contribution is -0.121. The van der Waals surface area contributed by atoms with Crippen LogP contribution in [0.2, 0.25) is 0 Å². The number of nitrogens with one attached hydrogen (secondary N) is 2. The van der Waals surface area contributed by atoms with Crippen molar-refractivity contribution in [1.29, 1.82) is 0 Å². The Hall–Kier alpha value is -3.41. The molecule has 1 aromatic heterocycles. The van der Waals surface area contributed by atoms with Crippen molar-refractivity contribution in [3.05, 3.63) is 77.0 Å². The summed E-state index contributed by atoms with van der Waals surface area (Å²) < 4.78 is 1.82. The van der Waals surface area contributed by atoms with Crippen LogP contribution in [0.3, 0.4) is 0 Å². The molecular formula is C26H30N4O2. The summed E-state index contributed by atoms with van der Waals surface area (Å²) in [6, 6.07) is 16.6. The third-order valence-electron chi connectivity index (χ3n) is 5.78. The minimum absolute atomic E-state index is 0.0632. The molecule has 2 amide bonds. The van der Waals surface area contributed by atoms with Crippen molar-refractivity contribution in [3.8, 4) is 11.3 Å². The minimum atomic E-state index is -0.167. The van der Waals surface area contributed by atoms with Crippen LogP contribution in [0.1, 0.15) is 52.7 Å². The van der Waals surface area contributed by atoms with Gasteiger partial charge < -0.3 is 10.6 Å². The Morgan fingerprint density at radius 2 is 1.84 bits per heavy atom. The van der Waals surface area contributed by atoms with E-state index in [0.29, 0.717) is 43.2 Å². The zero-order valence-corrected chi connectivity index (χ0v) is 18.7. The molecule has 2 aromatic carbocycles. The standard InChI is InChI=1S/C26H30N4O2/c1-18-10-11-21(15-19(18)2)25-23(17-30(29-25)16-20-7-4-3-5-8-20)26(32)27-14-6-9-24(31)28-22-12-13-22/h3-5,7-8,10-11,15,17,22H,6,9,12-14,16H2,1-2H3,(H,27,32)(H,28,31). The number of hydrogen-bond acceptors (Lipinski definition) is 3. The molecule has 2 N–H and O–H groups in total. The summed E-state index contributed by atoms with van der Waals surface area (Å²) in [5.41, 5.74) is 5.63. The molecule has 0 unspecified atom stereocenters. The topological polar surface area (TPSA) is 76.0 Å². The molecule has 32 heavy (non-hydrogen) atoms. The van der Waals surface area contributed by atoms with Gasteiger partial charge in [-0.3, -0.25) is 14.3 Å². The van der Waals surface area contributed by atoms with Crippen molar-refractivity contribution in [1.82, 2.24) is 20.4 Å². The van der Waals surface area contributed by atoms with Crippen LogP contribution in [0.4, 0.5) is 0 Å². The zero-order chi connectivity index (χ0) is 22.5. The van der Waals surface area contributed by atoms with Gasteiger partial charge in [-0.25, -0.2) is 0 Å². The van der Waals surface area contributed by atoms with Gasteiger partial charge in [-0.05, 0) is 55.9 Å². The van der Waals surface area contributed by atoms with Gasteiger partial charge in [0.2, 0.25) is 5.91 Å². The van der Waals surface area contributed by atoms with E-state index in [9.17, 15) is 9.59 Å². The van der Waals surface area contributed by atoms with Gasteiger partial charge in [-0.1, -0.05) is 42.5 Å². The molecule has 6 heteroatoms. The molecular weight excluding hydrogens is 400 g/mol. The fourth-order valence-electron chi connectivity index (χ4n) is 3.61. The van der Waals surface area contributed by atoms with Crippen molar-refractivity contribution in [2.45, 2.75) is 52.1 Å². The van der Waals surface area contributed by atoms with Gasteiger partial charge in [0, 0.05) is 30.8 Å². The van der Waals surface area contributed by atoms with E-state index in [1.165, 1.54) is 5.56 Å². The first-order valence-electron chi connectivity index (χ1n) is 11.3. The summed E-state index contributed by atoms with van der Waals surface area (Å²) >= 11 is 0. The van der Waals surface area contributed by atoms with Gasteiger partial charge in [0.15, 0.2) is 0 Å². The second-order valence-corrected chi connectivity index (χ2v) is 8.57. The van der Waals surface area contributed by atoms with Crippen LogP contribution in [0.5, 0.6) is 0 Å². The zero-order valence-electron chi connectivity index (χ0n) is 18.7. The van der Waals surface area contributed by atoms with E-state index in [4.69, 9.17) is 5.10 Å². The van der Waals surface area contributed by atoms with Crippen LogP contribution < -0.4 is 10.6 Å². The Kier molecular flexibility index (Phi) is 6.69. The molecule has 0 radical (unpaired) electrons. The van der Waals surface area contributed by atoms with Crippen molar-refractivity contribution in [2.75, 3.05) is 6.54 Å². The number of carbonyl (C=O) groups excluding carboxylic acids is 2. The maximum absolute atomic E-state index is 13.0. The van der Waals surface area contributed by atoms with E-state index in [1.54, 1.807) is 0 Å². The third kappa shape index (κ3) is 5.63. The SMILES string of the molecule is Cc1ccc(-c2nn(Cc3ccccc3)cc2C(=O)NCCCC(=O)NC2CC2)cc1C. The first-order chi connectivity index (χ1) is 15.5. The molecule has 0 bridgehead atoms. The van der Waals surface area contributed by atoms with Gasteiger partial charge in [-0.2, -0.15) is 5.10 Å². The van der Waals surface area contributed by atoms with Gasteiger partial charge >= 0.3 is 0 Å². The molecule has 3 aromatic rings. The summed E-state index contributed by atoms with van der Waals surface area (Å²) in [6.07, 6.45) is 5.01. The second kappa shape index (κ2) is 9.81. The predicted octanol–water partition coefficient (Wildman–Crippen LogP) is 4.00. The van der Waals surface area contributed by atoms with Gasteiger partial charge in [-0.15, -0.1) is 0 Å². The number of rotatable bonds is 9. The van der Waals surface area contributed by atoms with Crippen LogP contribution >= 0.6 is 0 Å². The van der Waals surface area contributed by atoms with Crippen LogP contribution in [0, 0.1) is 13.8 Å². The molecule has 1 aliphatic rings. The summed E-state index contributed by atoms with van der Waals surface area (Å²) in [6.45, 7) is 5.17. The van der Waals surface area contributed by atoms with E-state index in [1.807, 2.05) is 47.3 Å². The fraction of sp³-hybridized carbons (Fsp3) is 0.346. The van der Waals surface area contributed by atoms with E-state index >= 15 is 0 Å². The fourth-order valence-corrected chi connectivity index (χ4v) is 3.61. The average molecular weight is 431 g/mol. The summed E-state index contributed by atoms with van der Waals surface area (Å²) in [5.74, 6) is -0.103. The number of hydrogen-bond donors (Lipinski definition) is 2. The molecule has 1 saturated carbocycles. The van der Waals surface area contributed by atoms with Crippen LogP contribution in [0.25, 0.3) is 11.3 Å². The summed E-state index contributed by atoms with van der Waals surface area (Å²) in [4.78, 5) is 24.9. The maximum Gasteiger partial charge on any atom is 0.255 e. The maximum atomic E-state index is 13.0. The van der Waals surface area contributed by atoms with Crippen molar-refractivity contribution in [3.63, 3.8) is 0 Å². The number of aryl methyl sites for hydroxylation is 2. The molecule has 4 rings (SSSR count). The van der Waals surface area contributed by atoms with E-state index in [-0.39, 0.29) is 11.8 Å². The average Bonchev–Trinajstić information content (AvgIpc) is 3.50. The summed E-state index contributed by atoms with van der Waals surface area (Å²) in [7, 11) is 0. The Morgan fingerprint density at radius 3 is 2.56 bits per heavy atom. The highest BCUT2D eigenvalue weighted by molar-refractivity contribution is 5.99. The molecule has 0 saturated heterocycles. The molecule has 1 fully saturated rings. The Bertz CT molecular complexity index is 1100. The highest BCUT2D eigenvalue weighted by Gasteiger charge is 2.23. The molecule has 166 valence electrons. The number of aromatic nitrogens is 2. The highest BCUT2D eigenvalue weighted by Crippen LogP contribution is 2.25. The second-order valence-electron chi connectivity index (χ2n) is 8.57. The number of benzene rings is 2. The molecule has 0 atom stereocenters. The first kappa shape index (κ1) is 21.8. The normalized spacial score (nSPS) is 13.1. The Labute approximate surface area is 189 Å². The molecule has 6 nitrogen and oxygen atoms in total. The van der Waals surface area contributed by atoms with Gasteiger partial charge in [0.05, 0.1) is 12.1 Å². The predicted molar refractivity (Wildman–Crippen MR) is 125 cm³/mol. The van der Waals surface area contributed by atoms with Crippen molar-refractivity contribution in [2.24, 2.45) is 0 Å². The number of nitrogens with zero attached hydrogens (tertiary/aromatic N) is 2. The minimum Gasteiger partial charge on any atom is -0.353 e. The molecule has 0 aliphatic heterocycles. The molecule has 1 heterocycles. The van der Waals surface area contributed by atoms with E-state index < -0.39 is 0 Å². The monoisotopic (exact) mass is 430 g/mol. The lowest BCUT2D eigenvalue weighted by Gasteiger charge is -2.07. The van der Waals surface area contributed by atoms with Gasteiger partial charge in [0.1, 0.15) is 5.69 Å². The van der Waals surface area contributed by atoms with Crippen LogP contribution in [0.15, 0.2) is 54.7 Å². The lowest BCUT2D eigenvalue weighted by atomic mass is 10.0. The van der Waals surface area contributed by atoms with E-state index in [2.05, 4.69) is 36.6 Å². The Balaban J connectivity index is 1.48. The molecule has 1 aliphatic carbocycles. The van der Waals surface area contributed by atoms with Crippen molar-refractivity contribution < 1.29 is 9.59 Å². The third-order valence-corrected chi connectivity index (χ3v) is 5.78. The summed E-state index contributed by atoms with van der Waals surface area (Å²) in [5, 5.41) is 10.7. The van der Waals surface area contributed by atoms with Crippen LogP contribution in [-0.2, 0) is 11.3 Å². The largest absolute Gasteiger partial charge is 0.353 e. The van der Waals surface area contributed by atoms with Gasteiger partial charge in [0.25, 0.3) is 5.91 Å². The highest BCUT2D eigenvalue weighted by atomic mass is 16.2. The lowest BCUT2D eigenvalue weighted by Crippen LogP contribution is -2.28. The smallest absolute Gasteiger partial charge is 0.255 e. The number of carbonyl (C=O) groups is 2. The Morgan fingerprint density at radius 1 is 1.06 bits per heavy atom. The van der Waals surface area contributed by atoms with E-state index in [0.717, 1.165) is 29.5 Å².